The van der Waals surface area contributed by atoms with Crippen LogP contribution in [0.4, 0.5) is 5.69 Å². The number of rotatable bonds is 1. The molecule has 1 fully saturated rings. The van der Waals surface area contributed by atoms with E-state index in [0.29, 0.717) is 0 Å². The van der Waals surface area contributed by atoms with Crippen molar-refractivity contribution in [3.63, 3.8) is 0 Å². The number of hydrogen-bond donors (Lipinski definition) is 1. The smallest absolute Gasteiger partial charge is 0.0349 e. The average Bonchev–Trinajstić information content (AvgIpc) is 2.47. The van der Waals surface area contributed by atoms with Crippen molar-refractivity contribution in [2.45, 2.75) is 44.4 Å². The number of nitrogen functional groups attached to an aromatic ring is 1. The summed E-state index contributed by atoms with van der Waals surface area (Å²) < 4.78 is 0. The summed E-state index contributed by atoms with van der Waals surface area (Å²) in [5.41, 5.74) is 8.37. The van der Waals surface area contributed by atoms with E-state index in [0.717, 1.165) is 11.6 Å². The van der Waals surface area contributed by atoms with Gasteiger partial charge in [-0.3, -0.25) is 0 Å². The Kier molecular flexibility index (Phi) is 3.07. The largest absolute Gasteiger partial charge is 0.398 e. The summed E-state index contributed by atoms with van der Waals surface area (Å²) in [5, 5.41) is 0. The van der Waals surface area contributed by atoms with Crippen LogP contribution < -0.4 is 5.73 Å². The zero-order chi connectivity index (χ0) is 9.80. The molecular formula is C13H19N. The summed E-state index contributed by atoms with van der Waals surface area (Å²) in [4.78, 5) is 0. The lowest BCUT2D eigenvalue weighted by molar-refractivity contribution is 0.594. The van der Waals surface area contributed by atoms with Crippen molar-refractivity contribution >= 4 is 5.69 Å². The van der Waals surface area contributed by atoms with Crippen LogP contribution in [0.5, 0.6) is 0 Å². The molecule has 0 spiro atoms. The van der Waals surface area contributed by atoms with Gasteiger partial charge in [0, 0.05) is 5.69 Å². The molecule has 0 amide bonds. The first-order valence-electron chi connectivity index (χ1n) is 5.72. The monoisotopic (exact) mass is 189 g/mol. The fourth-order valence-electron chi connectivity index (χ4n) is 2.47. The Balaban J connectivity index is 2.16. The molecule has 1 aliphatic carbocycles. The van der Waals surface area contributed by atoms with Crippen molar-refractivity contribution in [2.24, 2.45) is 0 Å². The molecule has 1 saturated carbocycles. The van der Waals surface area contributed by atoms with Crippen molar-refractivity contribution in [3.8, 4) is 0 Å². The van der Waals surface area contributed by atoms with Gasteiger partial charge >= 0.3 is 0 Å². The van der Waals surface area contributed by atoms with Crippen LogP contribution in [0.3, 0.4) is 0 Å². The highest BCUT2D eigenvalue weighted by molar-refractivity contribution is 5.48. The fourth-order valence-corrected chi connectivity index (χ4v) is 2.47. The van der Waals surface area contributed by atoms with E-state index in [-0.39, 0.29) is 0 Å². The zero-order valence-electron chi connectivity index (χ0n) is 8.71. The van der Waals surface area contributed by atoms with Gasteiger partial charge in [-0.05, 0) is 30.4 Å². The van der Waals surface area contributed by atoms with E-state index in [1.807, 2.05) is 12.1 Å². The van der Waals surface area contributed by atoms with Crippen LogP contribution in [0, 0.1) is 0 Å². The van der Waals surface area contributed by atoms with Gasteiger partial charge in [-0.25, -0.2) is 0 Å². The molecule has 0 unspecified atom stereocenters. The third-order valence-electron chi connectivity index (χ3n) is 3.29. The maximum atomic E-state index is 6.00. The van der Waals surface area contributed by atoms with Crippen molar-refractivity contribution < 1.29 is 0 Å². The highest BCUT2D eigenvalue weighted by Crippen LogP contribution is 2.34. The topological polar surface area (TPSA) is 26.0 Å². The molecule has 76 valence electrons. The number of nitrogens with two attached hydrogens (primary N) is 1. The molecule has 0 heterocycles. The molecule has 1 aliphatic rings. The Labute approximate surface area is 86.3 Å². The van der Waals surface area contributed by atoms with E-state index in [2.05, 4.69) is 12.1 Å². The first-order valence-corrected chi connectivity index (χ1v) is 5.72. The molecule has 0 bridgehead atoms. The van der Waals surface area contributed by atoms with Gasteiger partial charge in [-0.1, -0.05) is 43.9 Å². The predicted molar refractivity (Wildman–Crippen MR) is 61.3 cm³/mol. The normalized spacial score (nSPS) is 19.1. The van der Waals surface area contributed by atoms with E-state index >= 15 is 0 Å². The van der Waals surface area contributed by atoms with E-state index < -0.39 is 0 Å². The SMILES string of the molecule is Nc1ccccc1C1CCCCCC1. The highest BCUT2D eigenvalue weighted by atomic mass is 14.6. The molecule has 0 aromatic heterocycles. The molecule has 1 heteroatoms. The second kappa shape index (κ2) is 4.50. The zero-order valence-corrected chi connectivity index (χ0v) is 8.71. The van der Waals surface area contributed by atoms with Crippen molar-refractivity contribution in [1.29, 1.82) is 0 Å². The summed E-state index contributed by atoms with van der Waals surface area (Å²) in [6.45, 7) is 0. The Morgan fingerprint density at radius 1 is 0.929 bits per heavy atom. The van der Waals surface area contributed by atoms with Crippen LogP contribution in [0.2, 0.25) is 0 Å². The first-order chi connectivity index (χ1) is 6.88. The molecule has 1 nitrogen and oxygen atoms in total. The molecular weight excluding hydrogens is 170 g/mol. The standard InChI is InChI=1S/C13H19N/c14-13-10-6-5-9-12(13)11-7-3-1-2-4-8-11/h5-6,9-11H,1-4,7-8,14H2. The summed E-state index contributed by atoms with van der Waals surface area (Å²) in [5.74, 6) is 0.721. The summed E-state index contributed by atoms with van der Waals surface area (Å²) in [6, 6.07) is 8.36. The third-order valence-corrected chi connectivity index (χ3v) is 3.29. The van der Waals surface area contributed by atoms with E-state index in [1.165, 1.54) is 44.1 Å². The first kappa shape index (κ1) is 9.57. The summed E-state index contributed by atoms with van der Waals surface area (Å²) in [6.07, 6.45) is 8.22. The van der Waals surface area contributed by atoms with Crippen LogP contribution in [0.15, 0.2) is 24.3 Å². The minimum absolute atomic E-state index is 0.721. The number of benzene rings is 1. The third kappa shape index (κ3) is 2.09. The number of para-hydroxylation sites is 1. The van der Waals surface area contributed by atoms with Crippen LogP contribution in [-0.4, -0.2) is 0 Å². The molecule has 0 aliphatic heterocycles. The van der Waals surface area contributed by atoms with Gasteiger partial charge in [-0.2, -0.15) is 0 Å². The molecule has 2 rings (SSSR count). The Morgan fingerprint density at radius 2 is 1.57 bits per heavy atom. The number of hydrogen-bond acceptors (Lipinski definition) is 1. The minimum Gasteiger partial charge on any atom is -0.398 e. The van der Waals surface area contributed by atoms with Gasteiger partial charge in [-0.15, -0.1) is 0 Å². The molecule has 2 N–H and O–H groups in total. The fraction of sp³-hybridized carbons (Fsp3) is 0.538. The molecule has 1 aromatic rings. The van der Waals surface area contributed by atoms with Crippen LogP contribution in [0.25, 0.3) is 0 Å². The van der Waals surface area contributed by atoms with Crippen molar-refractivity contribution in [3.05, 3.63) is 29.8 Å². The van der Waals surface area contributed by atoms with Gasteiger partial charge in [0.2, 0.25) is 0 Å². The second-order valence-corrected chi connectivity index (χ2v) is 4.32. The molecule has 14 heavy (non-hydrogen) atoms. The quantitative estimate of drug-likeness (QED) is 0.529. The lowest BCUT2D eigenvalue weighted by atomic mass is 9.91. The molecule has 0 saturated heterocycles. The molecule has 0 atom stereocenters. The van der Waals surface area contributed by atoms with Crippen molar-refractivity contribution in [2.75, 3.05) is 5.73 Å². The Bertz CT molecular complexity index is 285. The van der Waals surface area contributed by atoms with E-state index in [9.17, 15) is 0 Å². The van der Waals surface area contributed by atoms with E-state index in [4.69, 9.17) is 5.73 Å². The average molecular weight is 189 g/mol. The van der Waals surface area contributed by atoms with Crippen LogP contribution in [-0.2, 0) is 0 Å². The number of anilines is 1. The van der Waals surface area contributed by atoms with Crippen LogP contribution in [0.1, 0.15) is 50.0 Å². The molecule has 1 aromatic carbocycles. The Hall–Kier alpha value is -0.980. The van der Waals surface area contributed by atoms with Crippen LogP contribution >= 0.6 is 0 Å². The lowest BCUT2D eigenvalue weighted by Gasteiger charge is -2.16. The van der Waals surface area contributed by atoms with E-state index in [1.54, 1.807) is 0 Å². The lowest BCUT2D eigenvalue weighted by Crippen LogP contribution is -2.01. The maximum Gasteiger partial charge on any atom is 0.0349 e. The second-order valence-electron chi connectivity index (χ2n) is 4.32. The summed E-state index contributed by atoms with van der Waals surface area (Å²) in [7, 11) is 0. The van der Waals surface area contributed by atoms with Gasteiger partial charge in [0.25, 0.3) is 0 Å². The van der Waals surface area contributed by atoms with Gasteiger partial charge in [0.05, 0.1) is 0 Å². The Morgan fingerprint density at radius 3 is 2.21 bits per heavy atom. The predicted octanol–water partition coefficient (Wildman–Crippen LogP) is 3.71. The van der Waals surface area contributed by atoms with Crippen molar-refractivity contribution in [1.82, 2.24) is 0 Å². The van der Waals surface area contributed by atoms with Gasteiger partial charge in [0.1, 0.15) is 0 Å². The maximum absolute atomic E-state index is 6.00. The summed E-state index contributed by atoms with van der Waals surface area (Å²) >= 11 is 0. The van der Waals surface area contributed by atoms with Gasteiger partial charge < -0.3 is 5.73 Å². The van der Waals surface area contributed by atoms with Gasteiger partial charge in [0.15, 0.2) is 0 Å². The minimum atomic E-state index is 0.721. The highest BCUT2D eigenvalue weighted by Gasteiger charge is 2.15. The molecule has 0 radical (unpaired) electrons.